The Kier molecular flexibility index (Phi) is 4.04. The van der Waals surface area contributed by atoms with Crippen molar-refractivity contribution in [3.8, 4) is 5.75 Å². The molecule has 0 aliphatic heterocycles. The van der Waals surface area contributed by atoms with Crippen LogP contribution >= 0.6 is 27.5 Å². The number of benzene rings is 2. The second-order valence-electron chi connectivity index (χ2n) is 3.68. The molecule has 0 atom stereocenters. The van der Waals surface area contributed by atoms with E-state index in [0.717, 1.165) is 4.47 Å². The lowest BCUT2D eigenvalue weighted by Crippen LogP contribution is -2.04. The van der Waals surface area contributed by atoms with Gasteiger partial charge in [0.05, 0.1) is 12.7 Å². The molecule has 0 saturated heterocycles. The fraction of sp³-hybridized carbons (Fsp3) is 0.0714. The minimum absolute atomic E-state index is 0.115. The van der Waals surface area contributed by atoms with Crippen LogP contribution in [-0.4, -0.2) is 12.9 Å². The Morgan fingerprint density at radius 3 is 2.67 bits per heavy atom. The van der Waals surface area contributed by atoms with Crippen LogP contribution in [0.15, 0.2) is 46.9 Å². The molecule has 0 aliphatic rings. The smallest absolute Gasteiger partial charge is 0.196 e. The Bertz CT molecular complexity index is 596. The molecule has 0 amide bonds. The molecule has 18 heavy (non-hydrogen) atoms. The Hall–Kier alpha value is -1.32. The minimum atomic E-state index is -0.115. The molecule has 0 saturated carbocycles. The van der Waals surface area contributed by atoms with Gasteiger partial charge >= 0.3 is 0 Å². The van der Waals surface area contributed by atoms with Gasteiger partial charge in [-0.1, -0.05) is 39.7 Å². The summed E-state index contributed by atoms with van der Waals surface area (Å²) in [5, 5.41) is 0.508. The van der Waals surface area contributed by atoms with Gasteiger partial charge < -0.3 is 4.74 Å². The van der Waals surface area contributed by atoms with Crippen LogP contribution in [0.1, 0.15) is 15.9 Å². The van der Waals surface area contributed by atoms with Crippen LogP contribution < -0.4 is 4.74 Å². The van der Waals surface area contributed by atoms with E-state index in [2.05, 4.69) is 15.9 Å². The predicted molar refractivity (Wildman–Crippen MR) is 75.6 cm³/mol. The highest BCUT2D eigenvalue weighted by atomic mass is 79.9. The van der Waals surface area contributed by atoms with E-state index < -0.39 is 0 Å². The fourth-order valence-corrected chi connectivity index (χ4v) is 2.21. The molecule has 0 N–H and O–H groups in total. The highest BCUT2D eigenvalue weighted by Crippen LogP contribution is 2.26. The number of ketones is 1. The van der Waals surface area contributed by atoms with Crippen molar-refractivity contribution in [1.29, 1.82) is 0 Å². The third-order valence-electron chi connectivity index (χ3n) is 2.49. The van der Waals surface area contributed by atoms with Gasteiger partial charge in [-0.25, -0.2) is 0 Å². The van der Waals surface area contributed by atoms with Crippen LogP contribution in [0.3, 0.4) is 0 Å². The van der Waals surface area contributed by atoms with E-state index >= 15 is 0 Å². The van der Waals surface area contributed by atoms with Crippen LogP contribution in [0.4, 0.5) is 0 Å². The van der Waals surface area contributed by atoms with Crippen LogP contribution in [0, 0.1) is 0 Å². The number of methoxy groups -OCH3 is 1. The summed E-state index contributed by atoms with van der Waals surface area (Å²) in [6, 6.07) is 12.2. The lowest BCUT2D eigenvalue weighted by molar-refractivity contribution is 0.103. The van der Waals surface area contributed by atoms with E-state index in [1.165, 1.54) is 7.11 Å². The third kappa shape index (κ3) is 2.74. The maximum atomic E-state index is 12.4. The van der Waals surface area contributed by atoms with Gasteiger partial charge in [0.25, 0.3) is 0 Å². The average molecular weight is 326 g/mol. The van der Waals surface area contributed by atoms with Crippen molar-refractivity contribution in [1.82, 2.24) is 0 Å². The number of halogens is 2. The van der Waals surface area contributed by atoms with Crippen LogP contribution in [0.2, 0.25) is 5.02 Å². The number of ether oxygens (including phenoxy) is 1. The molecular formula is C14H10BrClO2. The molecule has 0 radical (unpaired) electrons. The summed E-state index contributed by atoms with van der Waals surface area (Å²) < 4.78 is 6.04. The van der Waals surface area contributed by atoms with Crippen molar-refractivity contribution in [2.24, 2.45) is 0 Å². The lowest BCUT2D eigenvalue weighted by Gasteiger charge is -2.08. The van der Waals surface area contributed by atoms with Crippen LogP contribution in [0.5, 0.6) is 5.75 Å². The second-order valence-corrected chi connectivity index (χ2v) is 5.04. The molecule has 4 heteroatoms. The molecule has 0 fully saturated rings. The second kappa shape index (κ2) is 5.55. The number of hydrogen-bond acceptors (Lipinski definition) is 2. The zero-order valence-corrected chi connectivity index (χ0v) is 12.0. The van der Waals surface area contributed by atoms with E-state index in [1.54, 1.807) is 30.3 Å². The summed E-state index contributed by atoms with van der Waals surface area (Å²) in [5.41, 5.74) is 1.05. The monoisotopic (exact) mass is 324 g/mol. The first-order chi connectivity index (χ1) is 8.61. The van der Waals surface area contributed by atoms with Crippen molar-refractivity contribution in [3.63, 3.8) is 0 Å². The number of carbonyl (C=O) groups excluding carboxylic acids is 1. The molecule has 0 aliphatic carbocycles. The molecule has 2 rings (SSSR count). The summed E-state index contributed by atoms with van der Waals surface area (Å²) in [6.07, 6.45) is 0. The molecule has 0 spiro atoms. The van der Waals surface area contributed by atoms with Gasteiger partial charge in [-0.2, -0.15) is 0 Å². The first-order valence-corrected chi connectivity index (χ1v) is 6.42. The maximum absolute atomic E-state index is 12.4. The van der Waals surface area contributed by atoms with Gasteiger partial charge in [0.2, 0.25) is 0 Å². The van der Waals surface area contributed by atoms with Gasteiger partial charge in [-0.15, -0.1) is 0 Å². The van der Waals surface area contributed by atoms with Crippen molar-refractivity contribution >= 4 is 33.3 Å². The Morgan fingerprint density at radius 2 is 2.00 bits per heavy atom. The zero-order chi connectivity index (χ0) is 13.1. The first kappa shape index (κ1) is 13.1. The van der Waals surface area contributed by atoms with Gasteiger partial charge in [0.1, 0.15) is 5.75 Å². The number of hydrogen-bond donors (Lipinski definition) is 0. The van der Waals surface area contributed by atoms with E-state index in [0.29, 0.717) is 21.9 Å². The lowest BCUT2D eigenvalue weighted by atomic mass is 10.0. The molecule has 2 aromatic rings. The molecule has 0 heterocycles. The van der Waals surface area contributed by atoms with E-state index in [9.17, 15) is 4.79 Å². The molecule has 0 unspecified atom stereocenters. The summed E-state index contributed by atoms with van der Waals surface area (Å²) in [4.78, 5) is 12.4. The molecule has 92 valence electrons. The van der Waals surface area contributed by atoms with E-state index in [1.807, 2.05) is 12.1 Å². The summed E-state index contributed by atoms with van der Waals surface area (Å²) >= 11 is 9.26. The average Bonchev–Trinajstić information content (AvgIpc) is 2.38. The largest absolute Gasteiger partial charge is 0.496 e. The van der Waals surface area contributed by atoms with Gasteiger partial charge in [-0.05, 0) is 30.3 Å². The highest BCUT2D eigenvalue weighted by molar-refractivity contribution is 9.10. The normalized spacial score (nSPS) is 10.2. The van der Waals surface area contributed by atoms with Crippen molar-refractivity contribution in [2.45, 2.75) is 0 Å². The summed E-state index contributed by atoms with van der Waals surface area (Å²) in [7, 11) is 1.53. The minimum Gasteiger partial charge on any atom is -0.496 e. The fourth-order valence-electron chi connectivity index (χ4n) is 1.64. The van der Waals surface area contributed by atoms with Gasteiger partial charge in [0, 0.05) is 15.1 Å². The van der Waals surface area contributed by atoms with Gasteiger partial charge in [-0.3, -0.25) is 4.79 Å². The standard InChI is InChI=1S/C14H10BrClO2/c1-18-13-6-5-11(16)8-12(13)14(17)9-3-2-4-10(15)7-9/h2-8H,1H3. The number of carbonyl (C=O) groups is 1. The number of rotatable bonds is 3. The molecular weight excluding hydrogens is 316 g/mol. The topological polar surface area (TPSA) is 26.3 Å². The SMILES string of the molecule is COc1ccc(Cl)cc1C(=O)c1cccc(Br)c1. The van der Waals surface area contributed by atoms with E-state index in [-0.39, 0.29) is 5.78 Å². The van der Waals surface area contributed by atoms with Crippen molar-refractivity contribution in [2.75, 3.05) is 7.11 Å². The highest BCUT2D eigenvalue weighted by Gasteiger charge is 2.15. The summed E-state index contributed by atoms with van der Waals surface area (Å²) in [6.45, 7) is 0. The first-order valence-electron chi connectivity index (χ1n) is 5.25. The quantitative estimate of drug-likeness (QED) is 0.785. The summed E-state index contributed by atoms with van der Waals surface area (Å²) in [5.74, 6) is 0.403. The molecule has 2 nitrogen and oxygen atoms in total. The van der Waals surface area contributed by atoms with Crippen molar-refractivity contribution < 1.29 is 9.53 Å². The van der Waals surface area contributed by atoms with Crippen molar-refractivity contribution in [3.05, 3.63) is 63.1 Å². The predicted octanol–water partition coefficient (Wildman–Crippen LogP) is 4.34. The maximum Gasteiger partial charge on any atom is 0.196 e. The molecule has 0 aromatic heterocycles. The Balaban J connectivity index is 2.48. The van der Waals surface area contributed by atoms with Crippen LogP contribution in [0.25, 0.3) is 0 Å². The third-order valence-corrected chi connectivity index (χ3v) is 3.22. The molecule has 0 bridgehead atoms. The zero-order valence-electron chi connectivity index (χ0n) is 9.61. The molecule has 2 aromatic carbocycles. The van der Waals surface area contributed by atoms with Gasteiger partial charge in [0.15, 0.2) is 5.78 Å². The Morgan fingerprint density at radius 1 is 1.22 bits per heavy atom. The Labute approximate surface area is 119 Å². The van der Waals surface area contributed by atoms with E-state index in [4.69, 9.17) is 16.3 Å². The van der Waals surface area contributed by atoms with Crippen LogP contribution in [-0.2, 0) is 0 Å².